The molecule has 5 nitrogen and oxygen atoms in total. The van der Waals surface area contributed by atoms with E-state index in [0.29, 0.717) is 17.3 Å². The summed E-state index contributed by atoms with van der Waals surface area (Å²) in [6, 6.07) is 12.5. The molecule has 112 valence electrons. The second-order valence-electron chi connectivity index (χ2n) is 4.79. The van der Waals surface area contributed by atoms with Gasteiger partial charge in [0.25, 0.3) is 0 Å². The lowest BCUT2D eigenvalue weighted by atomic mass is 10.1. The summed E-state index contributed by atoms with van der Waals surface area (Å²) in [6.07, 6.45) is 2.14. The number of hydrogen-bond acceptors (Lipinski definition) is 3. The van der Waals surface area contributed by atoms with Crippen molar-refractivity contribution in [2.75, 3.05) is 11.9 Å². The van der Waals surface area contributed by atoms with Crippen molar-refractivity contribution in [2.45, 2.75) is 6.42 Å². The number of carbonyl (C=O) groups is 1. The van der Waals surface area contributed by atoms with Gasteiger partial charge in [-0.2, -0.15) is 0 Å². The van der Waals surface area contributed by atoms with E-state index in [2.05, 4.69) is 15.6 Å². The standard InChI is InChI=1S/C16H14ClN3O2/c17-12-2-4-13(5-3-12)20-16(21)18-8-7-11-1-6-15-14(9-11)19-10-22-15/h1-6,9-10H,7-8H2,(H2,18,20,21). The van der Waals surface area contributed by atoms with Crippen LogP contribution in [-0.2, 0) is 6.42 Å². The molecule has 0 spiro atoms. The van der Waals surface area contributed by atoms with Gasteiger partial charge in [0.15, 0.2) is 12.0 Å². The lowest BCUT2D eigenvalue weighted by molar-refractivity contribution is 0.252. The molecule has 1 aromatic heterocycles. The summed E-state index contributed by atoms with van der Waals surface area (Å²) in [5.41, 5.74) is 3.37. The van der Waals surface area contributed by atoms with E-state index in [-0.39, 0.29) is 6.03 Å². The van der Waals surface area contributed by atoms with Crippen LogP contribution >= 0.6 is 11.6 Å². The van der Waals surface area contributed by atoms with E-state index in [1.165, 1.54) is 6.39 Å². The van der Waals surface area contributed by atoms with Gasteiger partial charge in [-0.25, -0.2) is 9.78 Å². The first kappa shape index (κ1) is 14.4. The van der Waals surface area contributed by atoms with Crippen LogP contribution in [0.1, 0.15) is 5.56 Å². The van der Waals surface area contributed by atoms with Crippen LogP contribution in [0.15, 0.2) is 53.3 Å². The molecule has 6 heteroatoms. The van der Waals surface area contributed by atoms with Crippen molar-refractivity contribution < 1.29 is 9.21 Å². The van der Waals surface area contributed by atoms with Gasteiger partial charge < -0.3 is 15.1 Å². The molecule has 0 aliphatic heterocycles. The van der Waals surface area contributed by atoms with Crippen molar-refractivity contribution in [3.63, 3.8) is 0 Å². The molecule has 22 heavy (non-hydrogen) atoms. The molecule has 0 bridgehead atoms. The average Bonchev–Trinajstić information content (AvgIpc) is 2.97. The summed E-state index contributed by atoms with van der Waals surface area (Å²) in [5, 5.41) is 6.19. The van der Waals surface area contributed by atoms with Crippen LogP contribution in [0.4, 0.5) is 10.5 Å². The highest BCUT2D eigenvalue weighted by Crippen LogP contribution is 2.15. The van der Waals surface area contributed by atoms with E-state index in [1.807, 2.05) is 18.2 Å². The number of halogens is 1. The Morgan fingerprint density at radius 3 is 2.82 bits per heavy atom. The summed E-state index contributed by atoms with van der Waals surface area (Å²) >= 11 is 5.79. The molecule has 1 heterocycles. The molecule has 0 saturated carbocycles. The second-order valence-corrected chi connectivity index (χ2v) is 5.23. The molecule has 2 amide bonds. The lowest BCUT2D eigenvalue weighted by Gasteiger charge is -2.07. The van der Waals surface area contributed by atoms with Crippen LogP contribution in [0.2, 0.25) is 5.02 Å². The van der Waals surface area contributed by atoms with Gasteiger partial charge in [0.2, 0.25) is 0 Å². The Hall–Kier alpha value is -2.53. The van der Waals surface area contributed by atoms with Crippen molar-refractivity contribution >= 4 is 34.4 Å². The molecule has 0 atom stereocenters. The number of fused-ring (bicyclic) bond motifs is 1. The molecular weight excluding hydrogens is 302 g/mol. The number of rotatable bonds is 4. The van der Waals surface area contributed by atoms with Crippen molar-refractivity contribution in [3.05, 3.63) is 59.4 Å². The van der Waals surface area contributed by atoms with E-state index in [1.54, 1.807) is 24.3 Å². The first-order valence-electron chi connectivity index (χ1n) is 6.83. The Kier molecular flexibility index (Phi) is 4.25. The number of carbonyl (C=O) groups excluding carboxylic acids is 1. The van der Waals surface area contributed by atoms with E-state index in [9.17, 15) is 4.79 Å². The molecular formula is C16H14ClN3O2. The van der Waals surface area contributed by atoms with Crippen LogP contribution in [0.5, 0.6) is 0 Å². The lowest BCUT2D eigenvalue weighted by Crippen LogP contribution is -2.30. The summed E-state index contributed by atoms with van der Waals surface area (Å²) < 4.78 is 5.19. The van der Waals surface area contributed by atoms with Crippen molar-refractivity contribution in [1.82, 2.24) is 10.3 Å². The van der Waals surface area contributed by atoms with E-state index in [0.717, 1.165) is 23.1 Å². The van der Waals surface area contributed by atoms with Crippen LogP contribution < -0.4 is 10.6 Å². The highest BCUT2D eigenvalue weighted by Gasteiger charge is 2.03. The topological polar surface area (TPSA) is 67.2 Å². The van der Waals surface area contributed by atoms with Gasteiger partial charge >= 0.3 is 6.03 Å². The molecule has 0 saturated heterocycles. The third-order valence-electron chi connectivity index (χ3n) is 3.20. The fourth-order valence-electron chi connectivity index (χ4n) is 2.09. The number of nitrogens with zero attached hydrogens (tertiary/aromatic N) is 1. The Morgan fingerprint density at radius 1 is 1.18 bits per heavy atom. The second kappa shape index (κ2) is 6.49. The number of hydrogen-bond donors (Lipinski definition) is 2. The zero-order valence-electron chi connectivity index (χ0n) is 11.7. The highest BCUT2D eigenvalue weighted by atomic mass is 35.5. The predicted octanol–water partition coefficient (Wildman–Crippen LogP) is 3.85. The molecule has 0 aliphatic carbocycles. The monoisotopic (exact) mass is 315 g/mol. The maximum absolute atomic E-state index is 11.8. The Morgan fingerprint density at radius 2 is 2.00 bits per heavy atom. The van der Waals surface area contributed by atoms with Crippen molar-refractivity contribution in [2.24, 2.45) is 0 Å². The van der Waals surface area contributed by atoms with E-state index < -0.39 is 0 Å². The first-order chi connectivity index (χ1) is 10.7. The van der Waals surface area contributed by atoms with Gasteiger partial charge in [-0.05, 0) is 48.4 Å². The van der Waals surface area contributed by atoms with Crippen LogP contribution in [0.25, 0.3) is 11.1 Å². The number of aromatic nitrogens is 1. The molecule has 0 radical (unpaired) electrons. The summed E-state index contributed by atoms with van der Waals surface area (Å²) in [4.78, 5) is 15.9. The van der Waals surface area contributed by atoms with Gasteiger partial charge in [-0.15, -0.1) is 0 Å². The molecule has 0 aliphatic rings. The molecule has 3 rings (SSSR count). The number of benzene rings is 2. The number of amides is 2. The zero-order chi connectivity index (χ0) is 15.4. The summed E-state index contributed by atoms with van der Waals surface area (Å²) in [7, 11) is 0. The van der Waals surface area contributed by atoms with Gasteiger partial charge in [-0.1, -0.05) is 17.7 Å². The average molecular weight is 316 g/mol. The quantitative estimate of drug-likeness (QED) is 0.768. The van der Waals surface area contributed by atoms with Gasteiger partial charge in [-0.3, -0.25) is 0 Å². The Labute approximate surface area is 132 Å². The number of anilines is 1. The summed E-state index contributed by atoms with van der Waals surface area (Å²) in [6.45, 7) is 0.531. The SMILES string of the molecule is O=C(NCCc1ccc2ocnc2c1)Nc1ccc(Cl)cc1. The minimum Gasteiger partial charge on any atom is -0.443 e. The van der Waals surface area contributed by atoms with E-state index in [4.69, 9.17) is 16.0 Å². The van der Waals surface area contributed by atoms with Crippen LogP contribution in [0.3, 0.4) is 0 Å². The maximum atomic E-state index is 11.8. The number of oxazole rings is 1. The molecule has 0 fully saturated rings. The first-order valence-corrected chi connectivity index (χ1v) is 7.21. The number of urea groups is 1. The molecule has 0 unspecified atom stereocenters. The van der Waals surface area contributed by atoms with Crippen LogP contribution in [0, 0.1) is 0 Å². The van der Waals surface area contributed by atoms with Crippen molar-refractivity contribution in [1.29, 1.82) is 0 Å². The third-order valence-corrected chi connectivity index (χ3v) is 3.45. The Bertz CT molecular complexity index is 783. The van der Waals surface area contributed by atoms with Gasteiger partial charge in [0.05, 0.1) is 0 Å². The fraction of sp³-hybridized carbons (Fsp3) is 0.125. The number of nitrogens with one attached hydrogen (secondary N) is 2. The largest absolute Gasteiger partial charge is 0.443 e. The minimum atomic E-state index is -0.246. The Balaban J connectivity index is 1.49. The fourth-order valence-corrected chi connectivity index (χ4v) is 2.21. The smallest absolute Gasteiger partial charge is 0.319 e. The third kappa shape index (κ3) is 3.56. The van der Waals surface area contributed by atoms with E-state index >= 15 is 0 Å². The predicted molar refractivity (Wildman–Crippen MR) is 86.2 cm³/mol. The van der Waals surface area contributed by atoms with Crippen molar-refractivity contribution in [3.8, 4) is 0 Å². The zero-order valence-corrected chi connectivity index (χ0v) is 12.4. The van der Waals surface area contributed by atoms with Gasteiger partial charge in [0, 0.05) is 17.3 Å². The van der Waals surface area contributed by atoms with Crippen LogP contribution in [-0.4, -0.2) is 17.6 Å². The summed E-state index contributed by atoms with van der Waals surface area (Å²) in [5.74, 6) is 0. The van der Waals surface area contributed by atoms with Gasteiger partial charge in [0.1, 0.15) is 5.52 Å². The molecule has 2 N–H and O–H groups in total. The molecule has 2 aromatic carbocycles. The normalized spacial score (nSPS) is 10.6. The minimum absolute atomic E-state index is 0.246. The highest BCUT2D eigenvalue weighted by molar-refractivity contribution is 6.30. The molecule has 3 aromatic rings. The maximum Gasteiger partial charge on any atom is 0.319 e.